The van der Waals surface area contributed by atoms with Gasteiger partial charge in [-0.05, 0) is 23.6 Å². The first kappa shape index (κ1) is 11.7. The van der Waals surface area contributed by atoms with E-state index in [0.29, 0.717) is 6.42 Å². The van der Waals surface area contributed by atoms with Gasteiger partial charge < -0.3 is 10.6 Å². The summed E-state index contributed by atoms with van der Waals surface area (Å²) in [6, 6.07) is 6.24. The van der Waals surface area contributed by atoms with Crippen molar-refractivity contribution in [3.05, 3.63) is 29.3 Å². The maximum atomic E-state index is 11.4. The molecule has 1 saturated heterocycles. The Hall–Kier alpha value is -1.39. The molecule has 2 aliphatic rings. The zero-order chi connectivity index (χ0) is 12.4. The third kappa shape index (κ3) is 2.40. The van der Waals surface area contributed by atoms with Crippen molar-refractivity contribution in [2.24, 2.45) is 0 Å². The van der Waals surface area contributed by atoms with Crippen LogP contribution >= 0.6 is 0 Å². The summed E-state index contributed by atoms with van der Waals surface area (Å²) < 4.78 is 0. The van der Waals surface area contributed by atoms with Crippen molar-refractivity contribution < 1.29 is 4.79 Å². The van der Waals surface area contributed by atoms with E-state index in [4.69, 9.17) is 0 Å². The maximum Gasteiger partial charge on any atom is 0.224 e. The molecule has 2 heterocycles. The monoisotopic (exact) mass is 245 g/mol. The van der Waals surface area contributed by atoms with Crippen LogP contribution in [0, 0.1) is 0 Å². The van der Waals surface area contributed by atoms with E-state index in [9.17, 15) is 4.79 Å². The van der Waals surface area contributed by atoms with Crippen molar-refractivity contribution in [3.63, 3.8) is 0 Å². The Labute approximate surface area is 107 Å². The minimum Gasteiger partial charge on any atom is -0.326 e. The number of carbonyl (C=O) groups excluding carboxylic acids is 1. The molecule has 1 aromatic carbocycles. The van der Waals surface area contributed by atoms with E-state index >= 15 is 0 Å². The third-order valence-electron chi connectivity index (χ3n) is 3.75. The fourth-order valence-corrected chi connectivity index (χ4v) is 2.76. The first-order valence-corrected chi connectivity index (χ1v) is 6.66. The smallest absolute Gasteiger partial charge is 0.224 e. The van der Waals surface area contributed by atoms with E-state index in [2.05, 4.69) is 21.6 Å². The van der Waals surface area contributed by atoms with Gasteiger partial charge in [-0.2, -0.15) is 0 Å². The lowest BCUT2D eigenvalue weighted by Crippen LogP contribution is -2.43. The van der Waals surface area contributed by atoms with E-state index in [1.54, 1.807) is 0 Å². The molecule has 0 bridgehead atoms. The highest BCUT2D eigenvalue weighted by Gasteiger charge is 2.19. The van der Waals surface area contributed by atoms with Crippen LogP contribution in [0.25, 0.3) is 0 Å². The SMILES string of the molecule is O=C1CCc2c(CN3CCNCC3)cccc2N1. The number of nitrogens with one attached hydrogen (secondary N) is 2. The van der Waals surface area contributed by atoms with Crippen LogP contribution in [0.15, 0.2) is 18.2 Å². The largest absolute Gasteiger partial charge is 0.326 e. The topological polar surface area (TPSA) is 44.4 Å². The van der Waals surface area contributed by atoms with Gasteiger partial charge in [-0.3, -0.25) is 9.69 Å². The molecule has 1 fully saturated rings. The molecule has 0 radical (unpaired) electrons. The number of amides is 1. The summed E-state index contributed by atoms with van der Waals surface area (Å²) in [4.78, 5) is 13.9. The zero-order valence-corrected chi connectivity index (χ0v) is 10.5. The van der Waals surface area contributed by atoms with Gasteiger partial charge in [-0.15, -0.1) is 0 Å². The quantitative estimate of drug-likeness (QED) is 0.816. The lowest BCUT2D eigenvalue weighted by atomic mass is 9.97. The molecule has 1 aromatic rings. The zero-order valence-electron chi connectivity index (χ0n) is 10.5. The van der Waals surface area contributed by atoms with E-state index in [1.807, 2.05) is 12.1 Å². The molecule has 0 aromatic heterocycles. The Morgan fingerprint density at radius 2 is 2.00 bits per heavy atom. The van der Waals surface area contributed by atoms with Gasteiger partial charge in [0.2, 0.25) is 5.91 Å². The molecule has 96 valence electrons. The summed E-state index contributed by atoms with van der Waals surface area (Å²) in [5.41, 5.74) is 3.71. The molecule has 0 atom stereocenters. The Morgan fingerprint density at radius 3 is 2.83 bits per heavy atom. The molecule has 2 N–H and O–H groups in total. The number of rotatable bonds is 2. The molecular formula is C14H19N3O. The average Bonchev–Trinajstić information content (AvgIpc) is 2.40. The second kappa shape index (κ2) is 5.08. The fraction of sp³-hybridized carbons (Fsp3) is 0.500. The third-order valence-corrected chi connectivity index (χ3v) is 3.75. The van der Waals surface area contributed by atoms with Crippen LogP contribution < -0.4 is 10.6 Å². The molecule has 1 amide bonds. The van der Waals surface area contributed by atoms with Crippen molar-refractivity contribution in [2.75, 3.05) is 31.5 Å². The van der Waals surface area contributed by atoms with E-state index in [-0.39, 0.29) is 5.91 Å². The predicted octanol–water partition coefficient (Wildman–Crippen LogP) is 0.976. The standard InChI is InChI=1S/C14H19N3O/c18-14-5-4-12-11(2-1-3-13(12)16-14)10-17-8-6-15-7-9-17/h1-3,15H,4-10H2,(H,16,18). The fourth-order valence-electron chi connectivity index (χ4n) is 2.76. The second-order valence-electron chi connectivity index (χ2n) is 5.02. The molecule has 18 heavy (non-hydrogen) atoms. The summed E-state index contributed by atoms with van der Waals surface area (Å²) >= 11 is 0. The molecule has 0 saturated carbocycles. The van der Waals surface area contributed by atoms with Crippen molar-refractivity contribution in [3.8, 4) is 0 Å². The Kier molecular flexibility index (Phi) is 3.30. The van der Waals surface area contributed by atoms with Gasteiger partial charge in [-0.1, -0.05) is 12.1 Å². The van der Waals surface area contributed by atoms with Crippen LogP contribution in [-0.2, 0) is 17.8 Å². The van der Waals surface area contributed by atoms with Crippen LogP contribution in [0.4, 0.5) is 5.69 Å². The Bertz CT molecular complexity index is 452. The maximum absolute atomic E-state index is 11.4. The van der Waals surface area contributed by atoms with E-state index < -0.39 is 0 Å². The molecular weight excluding hydrogens is 226 g/mol. The number of anilines is 1. The van der Waals surface area contributed by atoms with Crippen LogP contribution in [0.2, 0.25) is 0 Å². The van der Waals surface area contributed by atoms with Gasteiger partial charge in [-0.25, -0.2) is 0 Å². The normalized spacial score (nSPS) is 20.3. The molecule has 4 heteroatoms. The predicted molar refractivity (Wildman–Crippen MR) is 71.5 cm³/mol. The molecule has 0 spiro atoms. The molecule has 3 rings (SSSR count). The second-order valence-corrected chi connectivity index (χ2v) is 5.02. The molecule has 2 aliphatic heterocycles. The number of piperazine rings is 1. The Balaban J connectivity index is 1.79. The summed E-state index contributed by atoms with van der Waals surface area (Å²) in [6.07, 6.45) is 1.50. The van der Waals surface area contributed by atoms with Crippen LogP contribution in [0.1, 0.15) is 17.5 Å². The van der Waals surface area contributed by atoms with Crippen molar-refractivity contribution in [1.29, 1.82) is 0 Å². The summed E-state index contributed by atoms with van der Waals surface area (Å²) in [5, 5.41) is 6.34. The lowest BCUT2D eigenvalue weighted by Gasteiger charge is -2.29. The van der Waals surface area contributed by atoms with Gasteiger partial charge >= 0.3 is 0 Å². The van der Waals surface area contributed by atoms with Gasteiger partial charge in [0, 0.05) is 44.8 Å². The van der Waals surface area contributed by atoms with E-state index in [0.717, 1.165) is 44.8 Å². The molecule has 0 unspecified atom stereocenters. The van der Waals surface area contributed by atoms with Gasteiger partial charge in [0.1, 0.15) is 0 Å². The van der Waals surface area contributed by atoms with Crippen molar-refractivity contribution in [1.82, 2.24) is 10.2 Å². The summed E-state index contributed by atoms with van der Waals surface area (Å²) in [5.74, 6) is 0.141. The summed E-state index contributed by atoms with van der Waals surface area (Å²) in [6.45, 7) is 5.37. The Morgan fingerprint density at radius 1 is 1.17 bits per heavy atom. The van der Waals surface area contributed by atoms with Crippen LogP contribution in [-0.4, -0.2) is 37.0 Å². The lowest BCUT2D eigenvalue weighted by molar-refractivity contribution is -0.116. The first-order valence-electron chi connectivity index (χ1n) is 6.66. The summed E-state index contributed by atoms with van der Waals surface area (Å²) in [7, 11) is 0. The van der Waals surface area contributed by atoms with Crippen LogP contribution in [0.5, 0.6) is 0 Å². The average molecular weight is 245 g/mol. The van der Waals surface area contributed by atoms with Gasteiger partial charge in [0.05, 0.1) is 0 Å². The first-order chi connectivity index (χ1) is 8.83. The number of carbonyl (C=O) groups is 1. The number of nitrogens with zero attached hydrogens (tertiary/aromatic N) is 1. The minimum atomic E-state index is 0.141. The van der Waals surface area contributed by atoms with Crippen LogP contribution in [0.3, 0.4) is 0 Å². The van der Waals surface area contributed by atoms with E-state index in [1.165, 1.54) is 11.1 Å². The highest BCUT2D eigenvalue weighted by atomic mass is 16.1. The van der Waals surface area contributed by atoms with Crippen molar-refractivity contribution in [2.45, 2.75) is 19.4 Å². The number of hydrogen-bond donors (Lipinski definition) is 2. The highest BCUT2D eigenvalue weighted by molar-refractivity contribution is 5.94. The van der Waals surface area contributed by atoms with Gasteiger partial charge in [0.15, 0.2) is 0 Å². The van der Waals surface area contributed by atoms with Crippen molar-refractivity contribution >= 4 is 11.6 Å². The molecule has 4 nitrogen and oxygen atoms in total. The minimum absolute atomic E-state index is 0.141. The van der Waals surface area contributed by atoms with Gasteiger partial charge in [0.25, 0.3) is 0 Å². The number of hydrogen-bond acceptors (Lipinski definition) is 3. The number of benzene rings is 1. The highest BCUT2D eigenvalue weighted by Crippen LogP contribution is 2.26. The number of fused-ring (bicyclic) bond motifs is 1. The molecule has 0 aliphatic carbocycles.